The molecule has 0 aliphatic carbocycles. The van der Waals surface area contributed by atoms with E-state index in [-0.39, 0.29) is 15.9 Å². The Kier molecular flexibility index (Phi) is 6.27. The Balaban J connectivity index is 1.52. The molecule has 0 unspecified atom stereocenters. The first-order valence-electron chi connectivity index (χ1n) is 9.10. The second-order valence-electron chi connectivity index (χ2n) is 6.60. The van der Waals surface area contributed by atoms with E-state index in [0.717, 1.165) is 5.56 Å². The zero-order valence-corrected chi connectivity index (χ0v) is 18.1. The fraction of sp³-hybridized carbons (Fsp3) is 0.143. The number of amides is 1. The summed E-state index contributed by atoms with van der Waals surface area (Å²) in [6, 6.07) is 12.8. The van der Waals surface area contributed by atoms with Crippen LogP contribution in [0.4, 0.5) is 0 Å². The van der Waals surface area contributed by atoms with Gasteiger partial charge in [-0.25, -0.2) is 14.8 Å². The van der Waals surface area contributed by atoms with Gasteiger partial charge in [0.1, 0.15) is 22.1 Å². The minimum absolute atomic E-state index is 0.0420. The van der Waals surface area contributed by atoms with Crippen LogP contribution in [-0.2, 0) is 9.53 Å². The summed E-state index contributed by atoms with van der Waals surface area (Å²) in [6.45, 7) is -0.523. The van der Waals surface area contributed by atoms with E-state index in [2.05, 4.69) is 10.1 Å². The predicted octanol–water partition coefficient (Wildman–Crippen LogP) is 5.17. The molecule has 0 radical (unpaired) electrons. The maximum absolute atomic E-state index is 12.9. The van der Waals surface area contributed by atoms with E-state index in [1.165, 1.54) is 23.4 Å². The van der Waals surface area contributed by atoms with Crippen LogP contribution in [0, 0.1) is 0 Å². The molecule has 1 aliphatic rings. The van der Waals surface area contributed by atoms with Gasteiger partial charge in [0.25, 0.3) is 5.91 Å². The number of esters is 1. The molecule has 3 heterocycles. The van der Waals surface area contributed by atoms with Crippen LogP contribution in [0.5, 0.6) is 0 Å². The summed E-state index contributed by atoms with van der Waals surface area (Å²) in [6.07, 6.45) is 1.96. The molecule has 10 heteroatoms. The number of carbonyl (C=O) groups is 2. The van der Waals surface area contributed by atoms with Crippen molar-refractivity contribution in [2.75, 3.05) is 6.61 Å². The van der Waals surface area contributed by atoms with Crippen LogP contribution < -0.4 is 0 Å². The van der Waals surface area contributed by atoms with Crippen molar-refractivity contribution in [1.29, 1.82) is 0 Å². The molecule has 1 aromatic carbocycles. The van der Waals surface area contributed by atoms with Crippen LogP contribution in [-0.4, -0.2) is 34.2 Å². The van der Waals surface area contributed by atoms with Crippen molar-refractivity contribution in [2.24, 2.45) is 5.10 Å². The SMILES string of the molecule is O=C(OCC(=O)N1N=C(c2ccc(Cl)cc2)C[C@H]1c1ccco1)c1cc(Cl)nc(Cl)c1. The van der Waals surface area contributed by atoms with E-state index in [9.17, 15) is 9.59 Å². The van der Waals surface area contributed by atoms with E-state index in [1.54, 1.807) is 24.3 Å². The number of hydrogen-bond donors (Lipinski definition) is 0. The van der Waals surface area contributed by atoms with Crippen molar-refractivity contribution in [1.82, 2.24) is 9.99 Å². The van der Waals surface area contributed by atoms with Gasteiger partial charge in [-0.1, -0.05) is 46.9 Å². The fourth-order valence-electron chi connectivity index (χ4n) is 3.12. The standard InChI is InChI=1S/C21H14Cl3N3O4/c22-14-5-3-12(4-6-14)15-10-16(17-2-1-7-30-17)27(26-15)20(28)11-31-21(29)13-8-18(23)25-19(24)9-13/h1-9,16H,10-11H2/t16-/m0/s1. The number of furan rings is 1. The zero-order valence-electron chi connectivity index (χ0n) is 15.8. The topological polar surface area (TPSA) is 85.0 Å². The lowest BCUT2D eigenvalue weighted by molar-refractivity contribution is -0.136. The second kappa shape index (κ2) is 9.09. The average molecular weight is 479 g/mol. The third-order valence-electron chi connectivity index (χ3n) is 4.54. The van der Waals surface area contributed by atoms with E-state index < -0.39 is 24.5 Å². The van der Waals surface area contributed by atoms with Crippen molar-refractivity contribution >= 4 is 52.4 Å². The summed E-state index contributed by atoms with van der Waals surface area (Å²) >= 11 is 17.6. The van der Waals surface area contributed by atoms with Gasteiger partial charge in [-0.15, -0.1) is 0 Å². The first-order chi connectivity index (χ1) is 14.9. The maximum atomic E-state index is 12.9. The third kappa shape index (κ3) is 4.90. The number of hydrazone groups is 1. The Hall–Kier alpha value is -2.87. The third-order valence-corrected chi connectivity index (χ3v) is 5.18. The van der Waals surface area contributed by atoms with Gasteiger partial charge in [-0.3, -0.25) is 4.79 Å². The van der Waals surface area contributed by atoms with E-state index in [1.807, 2.05) is 12.1 Å². The first-order valence-corrected chi connectivity index (χ1v) is 10.2. The number of hydrogen-bond acceptors (Lipinski definition) is 6. The van der Waals surface area contributed by atoms with Gasteiger partial charge in [0.05, 0.1) is 17.5 Å². The van der Waals surface area contributed by atoms with E-state index >= 15 is 0 Å². The Labute approximate surface area is 192 Å². The molecule has 4 rings (SSSR count). The highest BCUT2D eigenvalue weighted by Crippen LogP contribution is 2.33. The number of nitrogens with zero attached hydrogens (tertiary/aromatic N) is 3. The Morgan fingerprint density at radius 2 is 1.81 bits per heavy atom. The van der Waals surface area contributed by atoms with E-state index in [4.69, 9.17) is 44.0 Å². The predicted molar refractivity (Wildman–Crippen MR) is 115 cm³/mol. The number of halogens is 3. The minimum atomic E-state index is -0.754. The van der Waals surface area contributed by atoms with Gasteiger partial charge in [0.15, 0.2) is 6.61 Å². The number of carbonyl (C=O) groups excluding carboxylic acids is 2. The number of benzene rings is 1. The molecule has 0 saturated carbocycles. The molecule has 7 nitrogen and oxygen atoms in total. The second-order valence-corrected chi connectivity index (χ2v) is 7.82. The quantitative estimate of drug-likeness (QED) is 0.373. The van der Waals surface area contributed by atoms with Crippen LogP contribution in [0.25, 0.3) is 0 Å². The molecule has 0 bridgehead atoms. The number of aromatic nitrogens is 1. The normalized spacial score (nSPS) is 15.6. The molecular formula is C21H14Cl3N3O4. The molecule has 3 aromatic rings. The number of rotatable bonds is 5. The zero-order chi connectivity index (χ0) is 22.0. The van der Waals surface area contributed by atoms with Crippen molar-refractivity contribution in [2.45, 2.75) is 12.5 Å². The largest absolute Gasteiger partial charge is 0.467 e. The Bertz CT molecular complexity index is 1130. The molecule has 1 atom stereocenters. The van der Waals surface area contributed by atoms with Gasteiger partial charge in [0, 0.05) is 11.4 Å². The van der Waals surface area contributed by atoms with E-state index in [0.29, 0.717) is 22.9 Å². The highest BCUT2D eigenvalue weighted by Gasteiger charge is 2.35. The van der Waals surface area contributed by atoms with Gasteiger partial charge >= 0.3 is 5.97 Å². The summed E-state index contributed by atoms with van der Waals surface area (Å²) in [5.41, 5.74) is 1.60. The molecule has 1 amide bonds. The average Bonchev–Trinajstić information content (AvgIpc) is 3.41. The highest BCUT2D eigenvalue weighted by molar-refractivity contribution is 6.33. The smallest absolute Gasteiger partial charge is 0.338 e. The summed E-state index contributed by atoms with van der Waals surface area (Å²) in [4.78, 5) is 28.9. The van der Waals surface area contributed by atoms with Gasteiger partial charge in [0.2, 0.25) is 0 Å². The number of ether oxygens (including phenoxy) is 1. The lowest BCUT2D eigenvalue weighted by Crippen LogP contribution is -2.31. The lowest BCUT2D eigenvalue weighted by atomic mass is 10.0. The van der Waals surface area contributed by atoms with Crippen LogP contribution in [0.3, 0.4) is 0 Å². The maximum Gasteiger partial charge on any atom is 0.338 e. The molecule has 2 aromatic heterocycles. The summed E-state index contributed by atoms with van der Waals surface area (Å²) < 4.78 is 10.6. The highest BCUT2D eigenvalue weighted by atomic mass is 35.5. The summed E-state index contributed by atoms with van der Waals surface area (Å²) in [5.74, 6) is -0.694. The summed E-state index contributed by atoms with van der Waals surface area (Å²) in [7, 11) is 0. The lowest BCUT2D eigenvalue weighted by Gasteiger charge is -2.19. The molecule has 0 N–H and O–H groups in total. The molecule has 1 aliphatic heterocycles. The van der Waals surface area contributed by atoms with Crippen LogP contribution in [0.2, 0.25) is 15.3 Å². The molecule has 31 heavy (non-hydrogen) atoms. The van der Waals surface area contributed by atoms with Crippen LogP contribution >= 0.6 is 34.8 Å². The molecule has 158 valence electrons. The Morgan fingerprint density at radius 1 is 1.10 bits per heavy atom. The monoisotopic (exact) mass is 477 g/mol. The van der Waals surface area contributed by atoms with Gasteiger partial charge in [-0.2, -0.15) is 5.10 Å². The van der Waals surface area contributed by atoms with Crippen molar-refractivity contribution in [3.63, 3.8) is 0 Å². The van der Waals surface area contributed by atoms with Crippen LogP contribution in [0.1, 0.15) is 34.1 Å². The molecule has 0 spiro atoms. The number of pyridine rings is 1. The van der Waals surface area contributed by atoms with Crippen molar-refractivity contribution < 1.29 is 18.7 Å². The Morgan fingerprint density at radius 3 is 2.45 bits per heavy atom. The van der Waals surface area contributed by atoms with Gasteiger partial charge in [-0.05, 0) is 42.0 Å². The van der Waals surface area contributed by atoms with Gasteiger partial charge < -0.3 is 9.15 Å². The van der Waals surface area contributed by atoms with Crippen LogP contribution in [0.15, 0.2) is 64.3 Å². The van der Waals surface area contributed by atoms with Crippen molar-refractivity contribution in [3.05, 3.63) is 87.0 Å². The minimum Gasteiger partial charge on any atom is -0.467 e. The molecule has 0 fully saturated rings. The fourth-order valence-corrected chi connectivity index (χ4v) is 3.71. The summed E-state index contributed by atoms with van der Waals surface area (Å²) in [5, 5.41) is 6.41. The molecular weight excluding hydrogens is 465 g/mol. The van der Waals surface area contributed by atoms with Crippen molar-refractivity contribution in [3.8, 4) is 0 Å². The first kappa shape index (κ1) is 21.4. The molecule has 0 saturated heterocycles.